The molecule has 1 aliphatic carbocycles. The molecule has 0 spiro atoms. The first kappa shape index (κ1) is 54.9. The molecule has 378 valence electrons. The Labute approximate surface area is 402 Å². The molecule has 0 saturated carbocycles. The van der Waals surface area contributed by atoms with Gasteiger partial charge in [-0.2, -0.15) is 29.8 Å². The lowest BCUT2D eigenvalue weighted by Crippen LogP contribution is -2.42. The fourth-order valence-corrected chi connectivity index (χ4v) is 11.7. The lowest BCUT2D eigenvalue weighted by Gasteiger charge is -2.32. The number of carboxylic acids is 2. The summed E-state index contributed by atoms with van der Waals surface area (Å²) in [7, 11) is -16.2. The molecule has 0 saturated heterocycles. The monoisotopic (exact) mass is 1040 g/mol. The topological polar surface area (TPSA) is 308 Å². The lowest BCUT2D eigenvalue weighted by atomic mass is 9.71. The summed E-state index contributed by atoms with van der Waals surface area (Å²) in [5.74, 6) is -4.76. The molecule has 5 N–H and O–H groups in total. The molecule has 0 fully saturated rings. The predicted octanol–water partition coefficient (Wildman–Crippen LogP) is 4.87. The number of esters is 1. The third-order valence-corrected chi connectivity index (χ3v) is 16.8. The van der Waals surface area contributed by atoms with E-state index in [0.29, 0.717) is 45.1 Å². The first-order valence-electron chi connectivity index (χ1n) is 21.7. The van der Waals surface area contributed by atoms with Gasteiger partial charge in [0.05, 0.1) is 33.3 Å². The van der Waals surface area contributed by atoms with E-state index >= 15 is 0 Å². The zero-order valence-corrected chi connectivity index (χ0v) is 42.2. The largest absolute Gasteiger partial charge is 0.481 e. The van der Waals surface area contributed by atoms with Gasteiger partial charge in [0.2, 0.25) is 15.7 Å². The Morgan fingerprint density at radius 3 is 2.01 bits per heavy atom. The highest BCUT2D eigenvalue weighted by Crippen LogP contribution is 2.49. The Morgan fingerprint density at radius 2 is 1.42 bits per heavy atom. The number of fused-ring (bicyclic) bond motifs is 2. The molecule has 2 aromatic carbocycles. The van der Waals surface area contributed by atoms with Crippen molar-refractivity contribution in [3.63, 3.8) is 0 Å². The standard InChI is InChI=1S/C45H57N3O17S4/c1-7-65-42(53)45(41(51)52)28-30(25-31(29-45)13-19-39-44(4,5)35-27-33(69(62,63)64)15-17-37(35)48(39)22-10-24-67(57,58)59)12-18-38-43(2,3)34-26-32(68(60,61)46(6)20-8-11-40(49)50)14-16-36(34)47(38)21-9-23-66(54,55)56/h12-19,25-27H,7-11,20-24,28-29H2,1-6H3,(H4-,49,50,51,52,54,55,56,57,58,59,62,63,64)/p+1. The minimum atomic E-state index is -4.64. The smallest absolute Gasteiger partial charge is 0.324 e. The Morgan fingerprint density at radius 1 is 0.797 bits per heavy atom. The number of aliphatic carboxylic acids is 2. The maximum Gasteiger partial charge on any atom is 0.324 e. The second-order valence-corrected chi connectivity index (χ2v) is 24.8. The SMILES string of the molecule is CCOC(=O)C1(C(=O)O)CC(/C=C/C2=[N+](CCCS(=O)(=O)O)c3ccc(S(=O)(=O)O)cc3C2(C)C)=CC(=C/C=C2/N(CCCS(=O)(=O)O)c3ccc(S(=O)(=O)N(C)CCCC(=O)O)cc3C2(C)C)/C1. The van der Waals surface area contributed by atoms with Crippen LogP contribution in [0.3, 0.4) is 0 Å². The lowest BCUT2D eigenvalue weighted by molar-refractivity contribution is -0.437. The molecule has 0 aromatic heterocycles. The minimum absolute atomic E-state index is 0.0244. The van der Waals surface area contributed by atoms with Crippen molar-refractivity contribution in [1.82, 2.24) is 4.31 Å². The first-order valence-corrected chi connectivity index (χ1v) is 27.8. The second-order valence-electron chi connectivity index (χ2n) is 18.2. The number of hydrogen-bond donors (Lipinski definition) is 5. The molecule has 2 aromatic rings. The zero-order valence-electron chi connectivity index (χ0n) is 38.9. The molecular weight excluding hydrogens is 983 g/mol. The molecule has 0 amide bonds. The number of ether oxygens (including phenoxy) is 1. The van der Waals surface area contributed by atoms with E-state index in [1.54, 1.807) is 73.6 Å². The van der Waals surface area contributed by atoms with Crippen LogP contribution < -0.4 is 4.90 Å². The summed E-state index contributed by atoms with van der Waals surface area (Å²) in [6.45, 7) is 8.50. The number of benzene rings is 2. The van der Waals surface area contributed by atoms with E-state index in [2.05, 4.69) is 0 Å². The number of carbonyl (C=O) groups excluding carboxylic acids is 1. The number of hydrogen-bond acceptors (Lipinski definition) is 13. The number of rotatable bonds is 21. The molecule has 24 heteroatoms. The van der Waals surface area contributed by atoms with Crippen molar-refractivity contribution >= 4 is 75.4 Å². The summed E-state index contributed by atoms with van der Waals surface area (Å²) >= 11 is 0. The molecule has 5 rings (SSSR count). The van der Waals surface area contributed by atoms with Gasteiger partial charge >= 0.3 is 17.9 Å². The van der Waals surface area contributed by atoms with Gasteiger partial charge in [0.25, 0.3) is 30.4 Å². The van der Waals surface area contributed by atoms with Gasteiger partial charge in [-0.1, -0.05) is 32.1 Å². The zero-order chi connectivity index (χ0) is 51.7. The van der Waals surface area contributed by atoms with E-state index in [-0.39, 0.29) is 74.6 Å². The number of allylic oxidation sites excluding steroid dienone is 8. The van der Waals surface area contributed by atoms with Gasteiger partial charge in [-0.15, -0.1) is 0 Å². The maximum absolute atomic E-state index is 13.7. The van der Waals surface area contributed by atoms with Crippen LogP contribution in [0, 0.1) is 5.41 Å². The molecule has 2 heterocycles. The highest BCUT2D eigenvalue weighted by molar-refractivity contribution is 7.89. The Hall–Kier alpha value is -5.08. The minimum Gasteiger partial charge on any atom is -0.481 e. The number of nitrogens with zero attached hydrogens (tertiary/aromatic N) is 3. The molecule has 1 unspecified atom stereocenters. The summed E-state index contributed by atoms with van der Waals surface area (Å²) < 4.78 is 136. The first-order chi connectivity index (χ1) is 31.8. The third-order valence-electron chi connectivity index (χ3n) is 12.5. The fourth-order valence-electron chi connectivity index (χ4n) is 9.01. The van der Waals surface area contributed by atoms with Gasteiger partial charge in [0, 0.05) is 67.5 Å². The number of carbonyl (C=O) groups is 3. The van der Waals surface area contributed by atoms with E-state index in [0.717, 1.165) is 4.31 Å². The molecule has 3 aliphatic rings. The van der Waals surface area contributed by atoms with E-state index < -0.39 is 86.0 Å². The molecule has 1 atom stereocenters. The fraction of sp³-hybridized carbons (Fsp3) is 0.467. The third kappa shape index (κ3) is 12.3. The van der Waals surface area contributed by atoms with Crippen LogP contribution in [-0.4, -0.2) is 135 Å². The van der Waals surface area contributed by atoms with Crippen LogP contribution in [-0.2, 0) is 70.3 Å². The van der Waals surface area contributed by atoms with Gasteiger partial charge < -0.3 is 19.8 Å². The van der Waals surface area contributed by atoms with Crippen LogP contribution in [0.2, 0.25) is 0 Å². The van der Waals surface area contributed by atoms with Crippen molar-refractivity contribution < 1.29 is 81.2 Å². The molecule has 69 heavy (non-hydrogen) atoms. The average Bonchev–Trinajstić information content (AvgIpc) is 3.57. The quantitative estimate of drug-likeness (QED) is 0.0482. The van der Waals surface area contributed by atoms with E-state index in [1.807, 2.05) is 0 Å². The van der Waals surface area contributed by atoms with Crippen molar-refractivity contribution in [1.29, 1.82) is 0 Å². The average molecular weight is 1040 g/mol. The molecule has 20 nitrogen and oxygen atoms in total. The van der Waals surface area contributed by atoms with Crippen molar-refractivity contribution in [2.75, 3.05) is 49.7 Å². The summed E-state index contributed by atoms with van der Waals surface area (Å²) in [6, 6.07) is 8.36. The number of anilines is 1. The van der Waals surface area contributed by atoms with Crippen LogP contribution in [0.25, 0.3) is 0 Å². The van der Waals surface area contributed by atoms with Crippen molar-refractivity contribution in [3.05, 3.63) is 94.7 Å². The van der Waals surface area contributed by atoms with E-state index in [9.17, 15) is 66.8 Å². The van der Waals surface area contributed by atoms with Crippen molar-refractivity contribution in [2.24, 2.45) is 5.41 Å². The Bertz CT molecular complexity index is 3040. The summed E-state index contributed by atoms with van der Waals surface area (Å²) in [5.41, 5.74) is -0.502. The van der Waals surface area contributed by atoms with E-state index in [1.165, 1.54) is 44.3 Å². The van der Waals surface area contributed by atoms with E-state index in [4.69, 9.17) is 9.84 Å². The summed E-state index contributed by atoms with van der Waals surface area (Å²) in [5, 5.41) is 19.8. The summed E-state index contributed by atoms with van der Waals surface area (Å²) in [6.07, 6.45) is 7.16. The van der Waals surface area contributed by atoms with Gasteiger partial charge in [-0.05, 0) is 99.6 Å². The highest BCUT2D eigenvalue weighted by Gasteiger charge is 2.51. The molecule has 2 aliphatic heterocycles. The van der Waals surface area contributed by atoms with Gasteiger partial charge in [0.15, 0.2) is 11.1 Å². The highest BCUT2D eigenvalue weighted by atomic mass is 32.2. The summed E-state index contributed by atoms with van der Waals surface area (Å²) in [4.78, 5) is 39.4. The van der Waals surface area contributed by atoms with Gasteiger partial charge in [-0.25, -0.2) is 12.7 Å². The van der Waals surface area contributed by atoms with Crippen molar-refractivity contribution in [3.8, 4) is 0 Å². The molecular formula is C45H58N3O17S4+. The van der Waals surface area contributed by atoms with Crippen LogP contribution in [0.4, 0.5) is 11.4 Å². The van der Waals surface area contributed by atoms with Crippen molar-refractivity contribution in [2.45, 2.75) is 93.8 Å². The van der Waals surface area contributed by atoms with Crippen LogP contribution in [0.5, 0.6) is 0 Å². The van der Waals surface area contributed by atoms with Gasteiger partial charge in [0.1, 0.15) is 6.54 Å². The van der Waals surface area contributed by atoms with Gasteiger partial charge in [-0.3, -0.25) is 28.0 Å². The van der Waals surface area contributed by atoms with Crippen LogP contribution >= 0.6 is 0 Å². The van der Waals surface area contributed by atoms with Crippen LogP contribution in [0.15, 0.2) is 93.4 Å². The number of carboxylic acid groups (broad SMARTS) is 2. The Kier molecular flexibility index (Phi) is 16.2. The number of sulfonamides is 1. The Balaban J connectivity index is 1.66. The normalized spacial score (nSPS) is 20.4. The predicted molar refractivity (Wildman–Crippen MR) is 254 cm³/mol. The molecule has 0 bridgehead atoms. The second kappa shape index (κ2) is 20.3. The maximum atomic E-state index is 13.7. The van der Waals surface area contributed by atoms with Crippen LogP contribution in [0.1, 0.15) is 84.3 Å². The molecule has 0 radical (unpaired) electrons.